The van der Waals surface area contributed by atoms with Crippen LogP contribution in [-0.4, -0.2) is 35.3 Å². The minimum absolute atomic E-state index is 0.123. The van der Waals surface area contributed by atoms with Crippen LogP contribution >= 0.6 is 0 Å². The summed E-state index contributed by atoms with van der Waals surface area (Å²) in [6.45, 7) is 1.69. The second kappa shape index (κ2) is 4.37. The maximum Gasteiger partial charge on any atom is 0.309 e. The molecule has 3 aliphatic rings. The lowest BCUT2D eigenvalue weighted by Crippen LogP contribution is -2.59. The van der Waals surface area contributed by atoms with Crippen molar-refractivity contribution in [3.63, 3.8) is 0 Å². The summed E-state index contributed by atoms with van der Waals surface area (Å²) in [4.78, 5) is 27.1. The zero-order chi connectivity index (χ0) is 13.4. The highest BCUT2D eigenvalue weighted by Gasteiger charge is 2.53. The van der Waals surface area contributed by atoms with E-state index in [1.165, 1.54) is 0 Å². The number of carbonyl (C=O) groups is 2. The number of aliphatic carboxylic acids is 1. The first-order valence-corrected chi connectivity index (χ1v) is 6.42. The Morgan fingerprint density at radius 2 is 1.61 bits per heavy atom. The van der Waals surface area contributed by atoms with Crippen LogP contribution in [0.2, 0.25) is 0 Å². The molecule has 3 aliphatic carbocycles. The lowest BCUT2D eigenvalue weighted by atomic mass is 9.57. The molecule has 18 heavy (non-hydrogen) atoms. The molecule has 3 saturated carbocycles. The summed E-state index contributed by atoms with van der Waals surface area (Å²) in [6, 6.07) is 0. The van der Waals surface area contributed by atoms with Gasteiger partial charge in [0.25, 0.3) is 5.91 Å². The van der Waals surface area contributed by atoms with Gasteiger partial charge in [0.2, 0.25) is 0 Å². The van der Waals surface area contributed by atoms with Crippen molar-refractivity contribution in [1.29, 1.82) is 0 Å². The molecule has 5 nitrogen and oxygen atoms in total. The van der Waals surface area contributed by atoms with Crippen LogP contribution in [0.4, 0.5) is 0 Å². The molecule has 0 heterocycles. The molecule has 0 radical (unpaired) electrons. The van der Waals surface area contributed by atoms with Crippen LogP contribution in [0.15, 0.2) is 4.99 Å². The van der Waals surface area contributed by atoms with Gasteiger partial charge in [0.05, 0.1) is 11.1 Å². The van der Waals surface area contributed by atoms with Gasteiger partial charge in [-0.1, -0.05) is 0 Å². The van der Waals surface area contributed by atoms with Crippen molar-refractivity contribution in [3.8, 4) is 0 Å². The molecule has 0 aromatic rings. The maximum absolute atomic E-state index is 11.9. The van der Waals surface area contributed by atoms with Crippen LogP contribution < -0.4 is 5.32 Å². The molecule has 100 valence electrons. The highest BCUT2D eigenvalue weighted by molar-refractivity contribution is 6.38. The Morgan fingerprint density at radius 3 is 2.00 bits per heavy atom. The van der Waals surface area contributed by atoms with Crippen LogP contribution in [0, 0.1) is 5.41 Å². The van der Waals surface area contributed by atoms with Gasteiger partial charge in [0.15, 0.2) is 0 Å². The Balaban J connectivity index is 2.06. The van der Waals surface area contributed by atoms with E-state index in [0.717, 1.165) is 19.3 Å². The Labute approximate surface area is 107 Å². The van der Waals surface area contributed by atoms with Crippen LogP contribution in [0.1, 0.15) is 45.4 Å². The summed E-state index contributed by atoms with van der Waals surface area (Å²) >= 11 is 0. The monoisotopic (exact) mass is 252 g/mol. The fraction of sp³-hybridized carbons (Fsp3) is 0.769. The Kier molecular flexibility index (Phi) is 3.17. The molecule has 0 atom stereocenters. The molecular weight excluding hydrogens is 232 g/mol. The fourth-order valence-electron chi connectivity index (χ4n) is 3.13. The van der Waals surface area contributed by atoms with E-state index in [4.69, 9.17) is 0 Å². The summed E-state index contributed by atoms with van der Waals surface area (Å²) < 4.78 is 0. The lowest BCUT2D eigenvalue weighted by molar-refractivity contribution is -0.156. The van der Waals surface area contributed by atoms with E-state index in [9.17, 15) is 14.7 Å². The predicted octanol–water partition coefficient (Wildman–Crippen LogP) is 1.37. The number of carbonyl (C=O) groups excluding carboxylic acids is 1. The molecule has 3 rings (SSSR count). The van der Waals surface area contributed by atoms with Gasteiger partial charge < -0.3 is 10.4 Å². The zero-order valence-corrected chi connectivity index (χ0v) is 11.0. The average molecular weight is 252 g/mol. The van der Waals surface area contributed by atoms with Crippen LogP contribution in [-0.2, 0) is 9.59 Å². The van der Waals surface area contributed by atoms with Gasteiger partial charge in [-0.15, -0.1) is 0 Å². The lowest BCUT2D eigenvalue weighted by Gasteiger charge is -2.51. The minimum Gasteiger partial charge on any atom is -0.481 e. The van der Waals surface area contributed by atoms with E-state index in [-0.39, 0.29) is 11.4 Å². The molecule has 2 bridgehead atoms. The van der Waals surface area contributed by atoms with E-state index < -0.39 is 11.4 Å². The quantitative estimate of drug-likeness (QED) is 0.745. The second-order valence-corrected chi connectivity index (χ2v) is 5.63. The summed E-state index contributed by atoms with van der Waals surface area (Å²) in [5.41, 5.74) is -0.245. The van der Waals surface area contributed by atoms with Crippen molar-refractivity contribution < 1.29 is 14.7 Å². The molecule has 0 aromatic carbocycles. The molecule has 0 aromatic heterocycles. The van der Waals surface area contributed by atoms with Crippen molar-refractivity contribution >= 4 is 17.6 Å². The Morgan fingerprint density at radius 1 is 1.11 bits per heavy atom. The molecule has 2 N–H and O–H groups in total. The van der Waals surface area contributed by atoms with Crippen molar-refractivity contribution in [3.05, 3.63) is 0 Å². The molecule has 0 saturated heterocycles. The summed E-state index contributed by atoms with van der Waals surface area (Å²) in [5, 5.41) is 12.4. The summed E-state index contributed by atoms with van der Waals surface area (Å²) in [6.07, 6.45) is 4.31. The first kappa shape index (κ1) is 13.1. The molecule has 0 unspecified atom stereocenters. The topological polar surface area (TPSA) is 78.8 Å². The van der Waals surface area contributed by atoms with Crippen LogP contribution in [0.5, 0.6) is 0 Å². The molecule has 0 aliphatic heterocycles. The predicted molar refractivity (Wildman–Crippen MR) is 67.7 cm³/mol. The molecule has 5 heteroatoms. The Bertz CT molecular complexity index is 390. The van der Waals surface area contributed by atoms with Gasteiger partial charge in [-0.25, -0.2) is 0 Å². The van der Waals surface area contributed by atoms with Gasteiger partial charge in [-0.05, 0) is 45.4 Å². The second-order valence-electron chi connectivity index (χ2n) is 5.63. The van der Waals surface area contributed by atoms with E-state index >= 15 is 0 Å². The number of carboxylic acid groups (broad SMARTS) is 1. The van der Waals surface area contributed by atoms with Crippen LogP contribution in [0.25, 0.3) is 0 Å². The van der Waals surface area contributed by atoms with Crippen molar-refractivity contribution in [2.45, 2.75) is 51.0 Å². The maximum atomic E-state index is 11.9. The van der Waals surface area contributed by atoms with Crippen LogP contribution in [0.3, 0.4) is 0 Å². The zero-order valence-electron chi connectivity index (χ0n) is 11.0. The van der Waals surface area contributed by atoms with Crippen molar-refractivity contribution in [2.75, 3.05) is 7.05 Å². The molecule has 0 spiro atoms. The summed E-state index contributed by atoms with van der Waals surface area (Å²) in [5.74, 6) is -0.796. The van der Waals surface area contributed by atoms with E-state index in [0.29, 0.717) is 25.0 Å². The fourth-order valence-corrected chi connectivity index (χ4v) is 3.13. The highest BCUT2D eigenvalue weighted by atomic mass is 16.4. The standard InChI is InChI=1S/C13H20N2O3/c1-9(14-2)10(16)15-13-6-3-12(4-7-13,5-8-13)11(17)18/h3-8H2,1-2H3,(H,15,16)(H,17,18). The van der Waals surface area contributed by atoms with Gasteiger partial charge in [-0.3, -0.25) is 14.6 Å². The first-order chi connectivity index (χ1) is 8.43. The number of amides is 1. The number of fused-ring (bicyclic) bond motifs is 3. The van der Waals surface area contributed by atoms with E-state index in [1.54, 1.807) is 14.0 Å². The third kappa shape index (κ3) is 2.02. The number of hydrogen-bond donors (Lipinski definition) is 2. The summed E-state index contributed by atoms with van der Waals surface area (Å²) in [7, 11) is 1.60. The SMILES string of the molecule is CN=C(C)C(=O)NC12CCC(C(=O)O)(CC1)CC2. The van der Waals surface area contributed by atoms with Gasteiger partial charge >= 0.3 is 5.97 Å². The number of nitrogens with zero attached hydrogens (tertiary/aromatic N) is 1. The third-order valence-electron chi connectivity index (χ3n) is 4.74. The number of aliphatic imine (C=N–C) groups is 1. The average Bonchev–Trinajstić information content (AvgIpc) is 2.39. The van der Waals surface area contributed by atoms with Gasteiger partial charge in [-0.2, -0.15) is 0 Å². The largest absolute Gasteiger partial charge is 0.481 e. The number of hydrogen-bond acceptors (Lipinski definition) is 3. The Hall–Kier alpha value is -1.39. The molecule has 3 fully saturated rings. The van der Waals surface area contributed by atoms with Crippen molar-refractivity contribution in [2.24, 2.45) is 10.4 Å². The smallest absolute Gasteiger partial charge is 0.309 e. The number of carboxylic acids is 1. The van der Waals surface area contributed by atoms with Gasteiger partial charge in [0.1, 0.15) is 0 Å². The molecular formula is C13H20N2O3. The molecule has 1 amide bonds. The third-order valence-corrected chi connectivity index (χ3v) is 4.74. The first-order valence-electron chi connectivity index (χ1n) is 6.42. The normalized spacial score (nSPS) is 35.3. The number of nitrogens with one attached hydrogen (secondary N) is 1. The van der Waals surface area contributed by atoms with Crippen molar-refractivity contribution in [1.82, 2.24) is 5.32 Å². The highest BCUT2D eigenvalue weighted by Crippen LogP contribution is 2.52. The van der Waals surface area contributed by atoms with Gasteiger partial charge in [0, 0.05) is 12.6 Å². The minimum atomic E-state index is -0.673. The van der Waals surface area contributed by atoms with E-state index in [2.05, 4.69) is 10.3 Å². The van der Waals surface area contributed by atoms with E-state index in [1.807, 2.05) is 0 Å². The number of rotatable bonds is 3.